The molecule has 1 saturated heterocycles. The van der Waals surface area contributed by atoms with E-state index in [0.717, 1.165) is 31.6 Å². The van der Waals surface area contributed by atoms with Crippen LogP contribution in [-0.2, 0) is 16.0 Å². The lowest BCUT2D eigenvalue weighted by Gasteiger charge is -2.30. The molecule has 2 aliphatic heterocycles. The quantitative estimate of drug-likeness (QED) is 0.616. The number of morpholine rings is 1. The molecule has 22 heavy (non-hydrogen) atoms. The van der Waals surface area contributed by atoms with Gasteiger partial charge in [0.1, 0.15) is 11.6 Å². The van der Waals surface area contributed by atoms with Crippen molar-refractivity contribution in [3.63, 3.8) is 0 Å². The molecule has 0 saturated carbocycles. The molecule has 1 aromatic rings. The Bertz CT molecular complexity index is 627. The number of aryl methyl sites for hydroxylation is 1. The second-order valence-electron chi connectivity index (χ2n) is 5.49. The van der Waals surface area contributed by atoms with Gasteiger partial charge in [-0.3, -0.25) is 4.79 Å². The summed E-state index contributed by atoms with van der Waals surface area (Å²) in [7, 11) is 0. The van der Waals surface area contributed by atoms with Crippen molar-refractivity contribution in [2.45, 2.75) is 12.8 Å². The molecule has 2 aliphatic rings. The van der Waals surface area contributed by atoms with Crippen molar-refractivity contribution in [3.8, 4) is 6.07 Å². The van der Waals surface area contributed by atoms with Gasteiger partial charge in [0.05, 0.1) is 13.2 Å². The molecule has 0 aliphatic carbocycles. The molecule has 114 valence electrons. The van der Waals surface area contributed by atoms with Crippen LogP contribution in [-0.4, -0.2) is 43.7 Å². The number of fused-ring (bicyclic) bond motifs is 1. The van der Waals surface area contributed by atoms with E-state index in [1.807, 2.05) is 29.2 Å². The van der Waals surface area contributed by atoms with Crippen LogP contribution in [0.2, 0.25) is 0 Å². The maximum Gasteiger partial charge on any atom is 0.270 e. The van der Waals surface area contributed by atoms with Crippen molar-refractivity contribution in [1.82, 2.24) is 4.90 Å². The molecule has 0 atom stereocenters. The molecule has 0 bridgehead atoms. The predicted octanol–water partition coefficient (Wildman–Crippen LogP) is 1.71. The summed E-state index contributed by atoms with van der Waals surface area (Å²) in [5, 5.41) is 9.38. The molecular formula is C17H19N3O2. The van der Waals surface area contributed by atoms with Gasteiger partial charge in [0.15, 0.2) is 0 Å². The lowest BCUT2D eigenvalue weighted by atomic mass is 10.0. The number of hydrogen-bond acceptors (Lipinski definition) is 4. The first-order valence-corrected chi connectivity index (χ1v) is 7.63. The fourth-order valence-corrected chi connectivity index (χ4v) is 2.91. The van der Waals surface area contributed by atoms with E-state index in [4.69, 9.17) is 4.74 Å². The van der Waals surface area contributed by atoms with Gasteiger partial charge in [0.25, 0.3) is 5.91 Å². The number of amides is 1. The lowest BCUT2D eigenvalue weighted by Crippen LogP contribution is -2.38. The van der Waals surface area contributed by atoms with Gasteiger partial charge in [-0.05, 0) is 24.5 Å². The van der Waals surface area contributed by atoms with Crippen LogP contribution in [0.15, 0.2) is 36.0 Å². The highest BCUT2D eigenvalue weighted by atomic mass is 16.5. The molecule has 1 aromatic carbocycles. The summed E-state index contributed by atoms with van der Waals surface area (Å²) in [6.07, 6.45) is 3.59. The monoisotopic (exact) mass is 297 g/mol. The van der Waals surface area contributed by atoms with Crippen LogP contribution >= 0.6 is 0 Å². The number of para-hydroxylation sites is 1. The van der Waals surface area contributed by atoms with Gasteiger partial charge in [-0.15, -0.1) is 0 Å². The first-order valence-electron chi connectivity index (χ1n) is 7.63. The van der Waals surface area contributed by atoms with Crippen LogP contribution in [0.5, 0.6) is 0 Å². The minimum Gasteiger partial charge on any atom is -0.378 e. The molecule has 0 aromatic heterocycles. The molecule has 1 amide bonds. The second kappa shape index (κ2) is 6.63. The minimum absolute atomic E-state index is 0.193. The largest absolute Gasteiger partial charge is 0.378 e. The van der Waals surface area contributed by atoms with E-state index in [1.54, 1.807) is 11.1 Å². The molecule has 0 N–H and O–H groups in total. The van der Waals surface area contributed by atoms with Crippen LogP contribution in [0.4, 0.5) is 5.69 Å². The Balaban J connectivity index is 1.83. The first-order chi connectivity index (χ1) is 10.8. The number of nitrogens with zero attached hydrogens (tertiary/aromatic N) is 3. The number of anilines is 1. The highest BCUT2D eigenvalue weighted by Crippen LogP contribution is 2.27. The van der Waals surface area contributed by atoms with Crippen molar-refractivity contribution >= 4 is 11.6 Å². The highest BCUT2D eigenvalue weighted by molar-refractivity contribution is 6.08. The fraction of sp³-hybridized carbons (Fsp3) is 0.412. The Morgan fingerprint density at radius 2 is 2.00 bits per heavy atom. The third-order valence-corrected chi connectivity index (χ3v) is 4.06. The Hall–Kier alpha value is -2.32. The van der Waals surface area contributed by atoms with Gasteiger partial charge in [-0.1, -0.05) is 18.2 Å². The summed E-state index contributed by atoms with van der Waals surface area (Å²) in [6, 6.07) is 9.99. The number of benzene rings is 1. The third-order valence-electron chi connectivity index (χ3n) is 4.06. The number of carbonyl (C=O) groups excluding carboxylic acids is 1. The average molecular weight is 297 g/mol. The molecule has 2 heterocycles. The van der Waals surface area contributed by atoms with E-state index in [0.29, 0.717) is 19.8 Å². The van der Waals surface area contributed by atoms with Crippen molar-refractivity contribution < 1.29 is 9.53 Å². The maximum absolute atomic E-state index is 12.7. The van der Waals surface area contributed by atoms with Gasteiger partial charge in [-0.2, -0.15) is 5.26 Å². The molecule has 5 nitrogen and oxygen atoms in total. The summed E-state index contributed by atoms with van der Waals surface area (Å²) in [4.78, 5) is 16.5. The molecule has 0 radical (unpaired) electrons. The Morgan fingerprint density at radius 3 is 2.77 bits per heavy atom. The van der Waals surface area contributed by atoms with E-state index in [2.05, 4.69) is 6.07 Å². The smallest absolute Gasteiger partial charge is 0.270 e. The van der Waals surface area contributed by atoms with E-state index in [1.165, 1.54) is 5.56 Å². The van der Waals surface area contributed by atoms with E-state index >= 15 is 0 Å². The fourth-order valence-electron chi connectivity index (χ4n) is 2.91. The van der Waals surface area contributed by atoms with E-state index < -0.39 is 0 Å². The SMILES string of the molecule is N#C/C(=C/N1CCOCC1)C(=O)N1CCCc2ccccc21. The zero-order chi connectivity index (χ0) is 15.4. The number of rotatable bonds is 2. The van der Waals surface area contributed by atoms with Gasteiger partial charge in [-0.25, -0.2) is 0 Å². The predicted molar refractivity (Wildman–Crippen MR) is 83.2 cm³/mol. The molecule has 0 spiro atoms. The minimum atomic E-state index is -0.207. The molecule has 5 heteroatoms. The van der Waals surface area contributed by atoms with Crippen LogP contribution in [0.1, 0.15) is 12.0 Å². The van der Waals surface area contributed by atoms with Crippen molar-refractivity contribution in [3.05, 3.63) is 41.6 Å². The number of nitriles is 1. The summed E-state index contributed by atoms with van der Waals surface area (Å²) < 4.78 is 5.29. The lowest BCUT2D eigenvalue weighted by molar-refractivity contribution is -0.115. The van der Waals surface area contributed by atoms with Gasteiger partial charge >= 0.3 is 0 Å². The average Bonchev–Trinajstić information content (AvgIpc) is 2.59. The number of carbonyl (C=O) groups is 1. The van der Waals surface area contributed by atoms with Crippen LogP contribution < -0.4 is 4.90 Å². The van der Waals surface area contributed by atoms with Crippen LogP contribution in [0, 0.1) is 11.3 Å². The Labute approximate surface area is 130 Å². The third kappa shape index (κ3) is 2.97. The van der Waals surface area contributed by atoms with Crippen molar-refractivity contribution in [2.75, 3.05) is 37.7 Å². The normalized spacial score (nSPS) is 18.6. The molecule has 1 fully saturated rings. The first kappa shape index (κ1) is 14.6. The Kier molecular flexibility index (Phi) is 4.40. The number of hydrogen-bond donors (Lipinski definition) is 0. The van der Waals surface area contributed by atoms with Gasteiger partial charge in [0, 0.05) is 31.5 Å². The van der Waals surface area contributed by atoms with Crippen LogP contribution in [0.3, 0.4) is 0 Å². The Morgan fingerprint density at radius 1 is 1.23 bits per heavy atom. The molecule has 0 unspecified atom stereocenters. The molecule has 3 rings (SSSR count). The highest BCUT2D eigenvalue weighted by Gasteiger charge is 2.25. The zero-order valence-electron chi connectivity index (χ0n) is 12.5. The molecular weight excluding hydrogens is 278 g/mol. The topological polar surface area (TPSA) is 56.6 Å². The van der Waals surface area contributed by atoms with Crippen molar-refractivity contribution in [1.29, 1.82) is 5.26 Å². The maximum atomic E-state index is 12.7. The summed E-state index contributed by atoms with van der Waals surface area (Å²) in [5.74, 6) is -0.207. The summed E-state index contributed by atoms with van der Waals surface area (Å²) in [5.41, 5.74) is 2.30. The van der Waals surface area contributed by atoms with Crippen LogP contribution in [0.25, 0.3) is 0 Å². The summed E-state index contributed by atoms with van der Waals surface area (Å²) in [6.45, 7) is 3.37. The van der Waals surface area contributed by atoms with Gasteiger partial charge < -0.3 is 14.5 Å². The second-order valence-corrected chi connectivity index (χ2v) is 5.49. The summed E-state index contributed by atoms with van der Waals surface area (Å²) >= 11 is 0. The standard InChI is InChI=1S/C17H19N3O2/c18-12-15(13-19-8-10-22-11-9-19)17(21)20-7-3-5-14-4-1-2-6-16(14)20/h1-2,4,6,13H,3,5,7-11H2/b15-13-. The van der Waals surface area contributed by atoms with E-state index in [9.17, 15) is 10.1 Å². The number of ether oxygens (including phenoxy) is 1. The zero-order valence-corrected chi connectivity index (χ0v) is 12.5. The van der Waals surface area contributed by atoms with Gasteiger partial charge in [0.2, 0.25) is 0 Å². The van der Waals surface area contributed by atoms with Crippen molar-refractivity contribution in [2.24, 2.45) is 0 Å². The van der Waals surface area contributed by atoms with E-state index in [-0.39, 0.29) is 11.5 Å².